The molecule has 1 aromatic heterocycles. The van der Waals surface area contributed by atoms with Crippen molar-refractivity contribution in [3.63, 3.8) is 0 Å². The molecule has 0 radical (unpaired) electrons. The summed E-state index contributed by atoms with van der Waals surface area (Å²) in [6.07, 6.45) is 7.00. The first kappa shape index (κ1) is 13.8. The van der Waals surface area contributed by atoms with Crippen molar-refractivity contribution in [2.75, 3.05) is 31.1 Å². The maximum atomic E-state index is 5.59. The molecule has 2 saturated heterocycles. The summed E-state index contributed by atoms with van der Waals surface area (Å²) in [5, 5.41) is 0. The van der Waals surface area contributed by atoms with Gasteiger partial charge < -0.3 is 10.6 Å². The van der Waals surface area contributed by atoms with Crippen LogP contribution in [0.5, 0.6) is 0 Å². The summed E-state index contributed by atoms with van der Waals surface area (Å²) >= 11 is 0. The molecule has 0 bridgehead atoms. The molecule has 0 saturated carbocycles. The van der Waals surface area contributed by atoms with Gasteiger partial charge in [-0.05, 0) is 50.9 Å². The number of nitrogens with zero attached hydrogens (tertiary/aromatic N) is 3. The van der Waals surface area contributed by atoms with Crippen LogP contribution >= 0.6 is 0 Å². The average Bonchev–Trinajstić information content (AvgIpc) is 2.48. The number of piperidine rings is 1. The van der Waals surface area contributed by atoms with Crippen LogP contribution in [0.1, 0.15) is 31.7 Å². The molecule has 3 heterocycles. The molecule has 4 heteroatoms. The molecule has 0 aromatic carbocycles. The van der Waals surface area contributed by atoms with Crippen molar-refractivity contribution in [2.24, 2.45) is 5.73 Å². The van der Waals surface area contributed by atoms with E-state index in [-0.39, 0.29) is 0 Å². The minimum absolute atomic E-state index is 0.553. The number of rotatable bonds is 3. The van der Waals surface area contributed by atoms with Crippen LogP contribution < -0.4 is 10.6 Å². The first-order chi connectivity index (χ1) is 9.78. The highest BCUT2D eigenvalue weighted by Crippen LogP contribution is 2.27. The predicted molar refractivity (Wildman–Crippen MR) is 83.0 cm³/mol. The highest BCUT2D eigenvalue weighted by atomic mass is 15.3. The zero-order valence-corrected chi connectivity index (χ0v) is 12.5. The Morgan fingerprint density at radius 2 is 2.20 bits per heavy atom. The minimum atomic E-state index is 0.553. The van der Waals surface area contributed by atoms with Gasteiger partial charge in [-0.15, -0.1) is 0 Å². The van der Waals surface area contributed by atoms with E-state index in [0.717, 1.165) is 24.8 Å². The molecule has 2 atom stereocenters. The number of hydrogen-bond donors (Lipinski definition) is 1. The van der Waals surface area contributed by atoms with Crippen LogP contribution in [0.3, 0.4) is 0 Å². The summed E-state index contributed by atoms with van der Waals surface area (Å²) < 4.78 is 0. The number of hydrogen-bond acceptors (Lipinski definition) is 4. The van der Waals surface area contributed by atoms with Crippen molar-refractivity contribution in [2.45, 2.75) is 44.7 Å². The summed E-state index contributed by atoms with van der Waals surface area (Å²) in [5.41, 5.74) is 6.83. The smallest absolute Gasteiger partial charge is 0.128 e. The molecule has 1 aromatic rings. The van der Waals surface area contributed by atoms with Gasteiger partial charge >= 0.3 is 0 Å². The fraction of sp³-hybridized carbons (Fsp3) is 0.688. The third kappa shape index (κ3) is 2.81. The van der Waals surface area contributed by atoms with Crippen molar-refractivity contribution < 1.29 is 0 Å². The van der Waals surface area contributed by atoms with Crippen LogP contribution in [0.4, 0.5) is 5.82 Å². The number of piperazine rings is 1. The van der Waals surface area contributed by atoms with Crippen LogP contribution in [0.2, 0.25) is 0 Å². The van der Waals surface area contributed by atoms with Gasteiger partial charge in [-0.25, -0.2) is 4.98 Å². The first-order valence-corrected chi connectivity index (χ1v) is 7.93. The Morgan fingerprint density at radius 1 is 1.30 bits per heavy atom. The van der Waals surface area contributed by atoms with E-state index in [1.165, 1.54) is 37.9 Å². The maximum absolute atomic E-state index is 5.59. The third-order valence-corrected chi connectivity index (χ3v) is 4.72. The fourth-order valence-electron chi connectivity index (χ4n) is 3.57. The summed E-state index contributed by atoms with van der Waals surface area (Å²) in [4.78, 5) is 9.82. The van der Waals surface area contributed by atoms with E-state index in [4.69, 9.17) is 5.73 Å². The molecule has 3 rings (SSSR count). The predicted octanol–water partition coefficient (Wildman–Crippen LogP) is 1.65. The Labute approximate surface area is 122 Å². The number of anilines is 1. The van der Waals surface area contributed by atoms with Gasteiger partial charge in [0.25, 0.3) is 0 Å². The van der Waals surface area contributed by atoms with Crippen LogP contribution in [0.15, 0.2) is 18.3 Å². The number of pyridine rings is 1. The van der Waals surface area contributed by atoms with Gasteiger partial charge in [0.05, 0.1) is 0 Å². The van der Waals surface area contributed by atoms with Gasteiger partial charge in [-0.2, -0.15) is 0 Å². The molecular weight excluding hydrogens is 248 g/mol. The lowest BCUT2D eigenvalue weighted by Crippen LogP contribution is -2.59. The van der Waals surface area contributed by atoms with E-state index in [1.807, 2.05) is 6.20 Å². The van der Waals surface area contributed by atoms with E-state index in [9.17, 15) is 0 Å². The molecule has 0 spiro atoms. The number of nitrogens with two attached hydrogens (primary N) is 1. The highest BCUT2D eigenvalue weighted by molar-refractivity contribution is 5.41. The number of aromatic nitrogens is 1. The molecule has 2 unspecified atom stereocenters. The Kier molecular flexibility index (Phi) is 4.22. The lowest BCUT2D eigenvalue weighted by Gasteiger charge is -2.48. The van der Waals surface area contributed by atoms with Gasteiger partial charge in [0.15, 0.2) is 0 Å². The summed E-state index contributed by atoms with van der Waals surface area (Å²) in [6.45, 7) is 6.60. The zero-order valence-electron chi connectivity index (χ0n) is 12.5. The van der Waals surface area contributed by atoms with Crippen molar-refractivity contribution in [3.05, 3.63) is 23.9 Å². The lowest BCUT2D eigenvalue weighted by atomic mass is 9.97. The summed E-state index contributed by atoms with van der Waals surface area (Å²) in [7, 11) is 0. The van der Waals surface area contributed by atoms with E-state index >= 15 is 0 Å². The maximum Gasteiger partial charge on any atom is 0.128 e. The van der Waals surface area contributed by atoms with Crippen LogP contribution in [0, 0.1) is 0 Å². The molecule has 20 heavy (non-hydrogen) atoms. The molecule has 2 aliphatic rings. The molecule has 2 aliphatic heterocycles. The topological polar surface area (TPSA) is 45.4 Å². The molecular formula is C16H26N4. The van der Waals surface area contributed by atoms with E-state index in [2.05, 4.69) is 33.8 Å². The Hall–Kier alpha value is -1.13. The Morgan fingerprint density at radius 3 is 2.95 bits per heavy atom. The van der Waals surface area contributed by atoms with E-state index in [1.54, 1.807) is 0 Å². The second-order valence-electron chi connectivity index (χ2n) is 6.21. The highest BCUT2D eigenvalue weighted by Gasteiger charge is 2.33. The largest absolute Gasteiger partial charge is 0.351 e. The Balaban J connectivity index is 1.72. The quantitative estimate of drug-likeness (QED) is 0.910. The van der Waals surface area contributed by atoms with Crippen LogP contribution in [-0.2, 0) is 6.42 Å². The zero-order chi connectivity index (χ0) is 13.9. The number of fused-ring (bicyclic) bond motifs is 1. The first-order valence-electron chi connectivity index (χ1n) is 7.93. The third-order valence-electron chi connectivity index (χ3n) is 4.72. The van der Waals surface area contributed by atoms with Gasteiger partial charge in [0.1, 0.15) is 5.82 Å². The van der Waals surface area contributed by atoms with E-state index < -0.39 is 0 Å². The molecule has 0 aliphatic carbocycles. The van der Waals surface area contributed by atoms with Crippen LogP contribution in [0.25, 0.3) is 0 Å². The lowest BCUT2D eigenvalue weighted by molar-refractivity contribution is 0.115. The van der Waals surface area contributed by atoms with Crippen molar-refractivity contribution in [1.29, 1.82) is 0 Å². The standard InChI is InChI=1S/C16H26N4/c1-13-11-19-9-3-2-4-15(19)12-20(13)16-6-5-14(7-8-17)10-18-16/h5-6,10,13,15H,2-4,7-9,11-12,17H2,1H3. The second kappa shape index (κ2) is 6.10. The minimum Gasteiger partial charge on any atom is -0.351 e. The molecule has 0 amide bonds. The van der Waals surface area contributed by atoms with Crippen molar-refractivity contribution in [1.82, 2.24) is 9.88 Å². The molecule has 4 nitrogen and oxygen atoms in total. The summed E-state index contributed by atoms with van der Waals surface area (Å²) in [5.74, 6) is 1.13. The van der Waals surface area contributed by atoms with Crippen LogP contribution in [-0.4, -0.2) is 48.1 Å². The SMILES string of the molecule is CC1CN2CCCCC2CN1c1ccc(CCN)cn1. The summed E-state index contributed by atoms with van der Waals surface area (Å²) in [6, 6.07) is 5.62. The van der Waals surface area contributed by atoms with Gasteiger partial charge in [-0.1, -0.05) is 12.5 Å². The fourth-order valence-corrected chi connectivity index (χ4v) is 3.57. The normalized spacial score (nSPS) is 27.4. The molecule has 2 fully saturated rings. The van der Waals surface area contributed by atoms with Crippen molar-refractivity contribution >= 4 is 5.82 Å². The second-order valence-corrected chi connectivity index (χ2v) is 6.21. The molecule has 110 valence electrons. The van der Waals surface area contributed by atoms with Gasteiger partial charge in [0, 0.05) is 31.4 Å². The van der Waals surface area contributed by atoms with E-state index in [0.29, 0.717) is 12.6 Å². The monoisotopic (exact) mass is 274 g/mol. The van der Waals surface area contributed by atoms with Crippen molar-refractivity contribution in [3.8, 4) is 0 Å². The van der Waals surface area contributed by atoms with Gasteiger partial charge in [0.2, 0.25) is 0 Å². The van der Waals surface area contributed by atoms with Gasteiger partial charge in [-0.3, -0.25) is 4.90 Å². The molecule has 2 N–H and O–H groups in total. The Bertz CT molecular complexity index is 431. The average molecular weight is 274 g/mol.